The summed E-state index contributed by atoms with van der Waals surface area (Å²) in [6.07, 6.45) is 0.300. The monoisotopic (exact) mass is 584 g/mol. The highest BCUT2D eigenvalue weighted by Crippen LogP contribution is 2.40. The summed E-state index contributed by atoms with van der Waals surface area (Å²) in [4.78, 5) is 27.6. The molecular weight excluding hydrogens is 540 g/mol. The maximum Gasteiger partial charge on any atom is 0.329 e. The van der Waals surface area contributed by atoms with Crippen molar-refractivity contribution in [2.45, 2.75) is 77.4 Å². The van der Waals surface area contributed by atoms with Crippen LogP contribution in [0.1, 0.15) is 82.4 Å². The lowest BCUT2D eigenvalue weighted by molar-refractivity contribution is -0.156. The average Bonchev–Trinajstić information content (AvgIpc) is 2.93. The maximum atomic E-state index is 13.8. The van der Waals surface area contributed by atoms with Gasteiger partial charge in [-0.1, -0.05) is 36.9 Å². The molecule has 1 aliphatic carbocycles. The Labute approximate surface area is 248 Å². The third kappa shape index (κ3) is 7.81. The molecule has 3 N–H and O–H groups in total. The second-order valence-corrected chi connectivity index (χ2v) is 10.4. The number of aliphatic hydroxyl groups is 1. The molecule has 0 saturated heterocycles. The predicted molar refractivity (Wildman–Crippen MR) is 159 cm³/mol. The molecule has 0 radical (unpaired) electrons. The molecule has 0 heterocycles. The number of nitrogens with one attached hydrogen (secondary N) is 1. The van der Waals surface area contributed by atoms with E-state index in [0.717, 1.165) is 5.56 Å². The highest BCUT2D eigenvalue weighted by atomic mass is 16.5. The molecule has 42 heavy (non-hydrogen) atoms. The standard InChI is InChI=1S/C32H44N2O8/c1-7-39-26-19-32(20-26,30(36)37)33-31(38)34(15-16-42-23(6)24-13-11-10-12-14-24)21(4)25-17-27(40-8-2)29(22(5)35)28(18-25)41-9-3/h8,10-14,17-18,21-23,26,35H,2,7,9,15-16,19-20H2,1,3-6H3,(H,33,38)(H,36,37)/t21-,22?,23+,26-,32+/m1/s1. The summed E-state index contributed by atoms with van der Waals surface area (Å²) in [6, 6.07) is 12.1. The lowest BCUT2D eigenvalue weighted by Gasteiger charge is -2.45. The predicted octanol–water partition coefficient (Wildman–Crippen LogP) is 5.53. The van der Waals surface area contributed by atoms with Crippen LogP contribution in [0.2, 0.25) is 0 Å². The molecule has 0 bridgehead atoms. The Kier molecular flexibility index (Phi) is 11.8. The van der Waals surface area contributed by atoms with Crippen molar-refractivity contribution in [2.75, 3.05) is 26.4 Å². The average molecular weight is 585 g/mol. The Hall–Kier alpha value is -3.60. The first-order chi connectivity index (χ1) is 20.1. The van der Waals surface area contributed by atoms with E-state index < -0.39 is 29.7 Å². The van der Waals surface area contributed by atoms with Gasteiger partial charge in [0.1, 0.15) is 17.0 Å². The Bertz CT molecular complexity index is 1200. The Morgan fingerprint density at radius 2 is 1.76 bits per heavy atom. The third-order valence-corrected chi connectivity index (χ3v) is 7.54. The number of aliphatic hydroxyl groups excluding tert-OH is 1. The molecule has 1 saturated carbocycles. The number of rotatable bonds is 16. The van der Waals surface area contributed by atoms with Gasteiger partial charge in [0.05, 0.1) is 49.4 Å². The van der Waals surface area contributed by atoms with Gasteiger partial charge >= 0.3 is 12.0 Å². The van der Waals surface area contributed by atoms with Gasteiger partial charge in [-0.15, -0.1) is 0 Å². The van der Waals surface area contributed by atoms with Crippen molar-refractivity contribution in [1.82, 2.24) is 10.2 Å². The molecule has 0 spiro atoms. The number of carboxylic acids is 1. The molecule has 1 unspecified atom stereocenters. The van der Waals surface area contributed by atoms with Crippen molar-refractivity contribution in [2.24, 2.45) is 0 Å². The fourth-order valence-electron chi connectivity index (χ4n) is 5.21. The fourth-order valence-corrected chi connectivity index (χ4v) is 5.21. The fraction of sp³-hybridized carbons (Fsp3) is 0.500. The van der Waals surface area contributed by atoms with E-state index in [0.29, 0.717) is 35.8 Å². The van der Waals surface area contributed by atoms with Gasteiger partial charge in [-0.3, -0.25) is 0 Å². The zero-order chi connectivity index (χ0) is 30.9. The summed E-state index contributed by atoms with van der Waals surface area (Å²) in [5.41, 5.74) is 0.710. The minimum atomic E-state index is -1.42. The van der Waals surface area contributed by atoms with E-state index in [-0.39, 0.29) is 38.2 Å². The lowest BCUT2D eigenvalue weighted by Crippen LogP contribution is -2.66. The highest BCUT2D eigenvalue weighted by molar-refractivity contribution is 5.87. The molecule has 10 heteroatoms. The molecule has 3 atom stereocenters. The molecule has 2 aromatic rings. The summed E-state index contributed by atoms with van der Waals surface area (Å²) in [5, 5.41) is 23.3. The third-order valence-electron chi connectivity index (χ3n) is 7.54. The van der Waals surface area contributed by atoms with Crippen molar-refractivity contribution in [3.8, 4) is 11.5 Å². The minimum absolute atomic E-state index is 0.175. The normalized spacial score (nSPS) is 20.0. The number of aliphatic carboxylic acids is 1. The molecular formula is C32H44N2O8. The molecule has 3 rings (SSSR count). The molecule has 0 aromatic heterocycles. The van der Waals surface area contributed by atoms with Crippen LogP contribution in [0.15, 0.2) is 55.3 Å². The summed E-state index contributed by atoms with van der Waals surface area (Å²) in [6.45, 7) is 13.9. The van der Waals surface area contributed by atoms with Crippen molar-refractivity contribution in [1.29, 1.82) is 0 Å². The number of urea groups is 1. The number of hydrogen-bond donors (Lipinski definition) is 3. The van der Waals surface area contributed by atoms with E-state index in [4.69, 9.17) is 18.9 Å². The Balaban J connectivity index is 1.92. The number of ether oxygens (including phenoxy) is 4. The quantitative estimate of drug-likeness (QED) is 0.220. The molecule has 2 amide bonds. The summed E-state index contributed by atoms with van der Waals surface area (Å²) < 4.78 is 23.1. The van der Waals surface area contributed by atoms with Crippen LogP contribution in [0.4, 0.5) is 4.79 Å². The van der Waals surface area contributed by atoms with Crippen LogP contribution in [0.5, 0.6) is 11.5 Å². The summed E-state index contributed by atoms with van der Waals surface area (Å²) >= 11 is 0. The minimum Gasteiger partial charge on any atom is -0.493 e. The van der Waals surface area contributed by atoms with E-state index in [2.05, 4.69) is 11.9 Å². The van der Waals surface area contributed by atoms with Gasteiger partial charge in [-0.25, -0.2) is 9.59 Å². The van der Waals surface area contributed by atoms with Gasteiger partial charge in [-0.2, -0.15) is 0 Å². The molecule has 2 aromatic carbocycles. The van der Waals surface area contributed by atoms with Gasteiger partial charge in [0.25, 0.3) is 0 Å². The molecule has 10 nitrogen and oxygen atoms in total. The highest BCUT2D eigenvalue weighted by Gasteiger charge is 2.53. The van der Waals surface area contributed by atoms with Crippen LogP contribution in [0, 0.1) is 0 Å². The van der Waals surface area contributed by atoms with Crippen LogP contribution in [0.3, 0.4) is 0 Å². The summed E-state index contributed by atoms with van der Waals surface area (Å²) in [7, 11) is 0. The summed E-state index contributed by atoms with van der Waals surface area (Å²) in [5.74, 6) is -0.332. The van der Waals surface area contributed by atoms with E-state index in [1.54, 1.807) is 24.0 Å². The number of carbonyl (C=O) groups excluding carboxylic acids is 1. The maximum absolute atomic E-state index is 13.8. The molecule has 1 fully saturated rings. The van der Waals surface area contributed by atoms with E-state index in [1.807, 2.05) is 58.0 Å². The zero-order valence-electron chi connectivity index (χ0n) is 25.2. The molecule has 1 aliphatic rings. The van der Waals surface area contributed by atoms with Crippen LogP contribution in [0.25, 0.3) is 0 Å². The van der Waals surface area contributed by atoms with Gasteiger partial charge < -0.3 is 39.4 Å². The largest absolute Gasteiger partial charge is 0.493 e. The number of carbonyl (C=O) groups is 2. The number of amides is 2. The number of hydrogen-bond acceptors (Lipinski definition) is 7. The van der Waals surface area contributed by atoms with Crippen LogP contribution < -0.4 is 14.8 Å². The van der Waals surface area contributed by atoms with Gasteiger partial charge in [-0.05, 0) is 57.9 Å². The zero-order valence-corrected chi connectivity index (χ0v) is 25.2. The van der Waals surface area contributed by atoms with Gasteiger partial charge in [0.15, 0.2) is 0 Å². The molecule has 0 aliphatic heterocycles. The Morgan fingerprint density at radius 3 is 2.33 bits per heavy atom. The first kappa shape index (κ1) is 32.9. The van der Waals surface area contributed by atoms with Gasteiger partial charge in [0, 0.05) is 26.0 Å². The second kappa shape index (κ2) is 15.0. The smallest absolute Gasteiger partial charge is 0.329 e. The topological polar surface area (TPSA) is 127 Å². The van der Waals surface area contributed by atoms with E-state index in [1.165, 1.54) is 6.26 Å². The van der Waals surface area contributed by atoms with E-state index >= 15 is 0 Å². The van der Waals surface area contributed by atoms with Crippen LogP contribution in [-0.2, 0) is 14.3 Å². The number of nitrogens with zero attached hydrogens (tertiary/aromatic N) is 1. The first-order valence-corrected chi connectivity index (χ1v) is 14.4. The van der Waals surface area contributed by atoms with Crippen molar-refractivity contribution in [3.05, 3.63) is 72.0 Å². The number of carboxylic acid groups (broad SMARTS) is 1. The van der Waals surface area contributed by atoms with Gasteiger partial charge in [0.2, 0.25) is 0 Å². The molecule has 230 valence electrons. The lowest BCUT2D eigenvalue weighted by atomic mass is 9.74. The van der Waals surface area contributed by atoms with Crippen LogP contribution >= 0.6 is 0 Å². The van der Waals surface area contributed by atoms with E-state index in [9.17, 15) is 19.8 Å². The SMILES string of the molecule is C=COc1cc([C@@H](C)N(CCO[C@@H](C)c2ccccc2)C(=O)N[C@]2(C(=O)O)C[C@H](OCC)C2)cc(OCC)c1C(C)O. The number of benzene rings is 2. The first-order valence-electron chi connectivity index (χ1n) is 14.4. The van der Waals surface area contributed by atoms with Crippen molar-refractivity contribution < 1.29 is 38.7 Å². The Morgan fingerprint density at radius 1 is 1.10 bits per heavy atom. The second-order valence-electron chi connectivity index (χ2n) is 10.4. The van der Waals surface area contributed by atoms with Crippen molar-refractivity contribution in [3.63, 3.8) is 0 Å². The van der Waals surface area contributed by atoms with Crippen molar-refractivity contribution >= 4 is 12.0 Å². The van der Waals surface area contributed by atoms with Crippen LogP contribution in [-0.4, -0.2) is 65.1 Å².